The van der Waals surface area contributed by atoms with E-state index in [-0.39, 0.29) is 25.7 Å². The van der Waals surface area contributed by atoms with E-state index >= 15 is 0 Å². The number of nitrogens with zero attached hydrogens (tertiary/aromatic N) is 3. The number of aliphatic carboxylic acids is 2. The first-order valence-electron chi connectivity index (χ1n) is 14.4. The van der Waals surface area contributed by atoms with Crippen LogP contribution in [0.1, 0.15) is 91.5 Å². The molecule has 0 saturated carbocycles. The third-order valence-corrected chi connectivity index (χ3v) is 8.57. The molecule has 0 aromatic carbocycles. The fourth-order valence-electron chi connectivity index (χ4n) is 6.09. The lowest BCUT2D eigenvalue weighted by Gasteiger charge is -2.10. The summed E-state index contributed by atoms with van der Waals surface area (Å²) in [6, 6.07) is 7.39. The number of aromatic amines is 1. The van der Waals surface area contributed by atoms with Crippen molar-refractivity contribution in [1.82, 2.24) is 19.7 Å². The third kappa shape index (κ3) is 5.27. The number of nitrogens with one attached hydrogen (secondary N) is 1. The van der Waals surface area contributed by atoms with Crippen LogP contribution in [0.25, 0.3) is 50.4 Å². The first kappa shape index (κ1) is 29.6. The first-order valence-corrected chi connectivity index (χ1v) is 14.4. The minimum Gasteiger partial charge on any atom is -0.805 e. The number of hydrogen-bond acceptors (Lipinski definition) is 5. The average molecular weight is 580 g/mol. The minimum atomic E-state index is -0.924. The average Bonchev–Trinajstić information content (AvgIpc) is 3.59. The van der Waals surface area contributed by atoms with E-state index in [1.165, 1.54) is 0 Å². The fraction of sp³-hybridized carbons (Fsp3) is 0.294. The van der Waals surface area contributed by atoms with Gasteiger partial charge in [0.25, 0.3) is 0 Å². The molecule has 5 rings (SSSR count). The van der Waals surface area contributed by atoms with Crippen LogP contribution in [0.15, 0.2) is 30.8 Å². The van der Waals surface area contributed by atoms with Crippen molar-refractivity contribution in [2.24, 2.45) is 0 Å². The highest BCUT2D eigenvalue weighted by Gasteiger charge is 2.23. The van der Waals surface area contributed by atoms with E-state index < -0.39 is 11.9 Å². The number of rotatable bonds is 8. The van der Waals surface area contributed by atoms with Gasteiger partial charge in [0.15, 0.2) is 0 Å². The SMILES string of the molecule is C=Cc1c(C)c2cc3c(CC)c(C)c(cc4nc(cc5nc(cc1[nH]2)C(C)=C5CCC(=O)O)C(CCC(=O)O)=C4C)n3[O-]. The van der Waals surface area contributed by atoms with Crippen LogP contribution in [0.4, 0.5) is 0 Å². The maximum Gasteiger partial charge on any atom is 0.303 e. The lowest BCUT2D eigenvalue weighted by molar-refractivity contribution is -0.137. The molecule has 222 valence electrons. The Labute approximate surface area is 249 Å². The minimum absolute atomic E-state index is 0.0640. The van der Waals surface area contributed by atoms with Crippen LogP contribution in [-0.4, -0.2) is 41.8 Å². The Hall–Kier alpha value is -4.92. The number of fused-ring (bicyclic) bond motifs is 8. The predicted octanol–water partition coefficient (Wildman–Crippen LogP) is 7.55. The van der Waals surface area contributed by atoms with Crippen molar-refractivity contribution in [2.75, 3.05) is 0 Å². The second-order valence-corrected chi connectivity index (χ2v) is 11.1. The molecule has 3 aromatic heterocycles. The van der Waals surface area contributed by atoms with E-state index in [1.807, 2.05) is 52.8 Å². The van der Waals surface area contributed by atoms with Crippen LogP contribution in [0.3, 0.4) is 0 Å². The van der Waals surface area contributed by atoms with Gasteiger partial charge in [-0.3, -0.25) is 9.59 Å². The highest BCUT2D eigenvalue weighted by molar-refractivity contribution is 5.97. The largest absolute Gasteiger partial charge is 0.805 e. The molecule has 0 saturated heterocycles. The van der Waals surface area contributed by atoms with Gasteiger partial charge < -0.3 is 25.1 Å². The molecular formula is C34H35N4O5-. The number of aromatic nitrogens is 4. The summed E-state index contributed by atoms with van der Waals surface area (Å²) in [7, 11) is 0. The molecule has 9 nitrogen and oxygen atoms in total. The van der Waals surface area contributed by atoms with Crippen molar-refractivity contribution in [3.8, 4) is 0 Å². The van der Waals surface area contributed by atoms with Crippen molar-refractivity contribution in [3.05, 3.63) is 81.1 Å². The summed E-state index contributed by atoms with van der Waals surface area (Å²) in [4.78, 5) is 36.4. The zero-order valence-corrected chi connectivity index (χ0v) is 25.1. The zero-order chi connectivity index (χ0) is 31.2. The van der Waals surface area contributed by atoms with Crippen LogP contribution >= 0.6 is 0 Å². The number of allylic oxidation sites excluding steroid dienone is 4. The van der Waals surface area contributed by atoms with Gasteiger partial charge in [0.1, 0.15) is 0 Å². The van der Waals surface area contributed by atoms with Gasteiger partial charge >= 0.3 is 11.9 Å². The molecule has 0 fully saturated rings. The molecule has 0 atom stereocenters. The van der Waals surface area contributed by atoms with Crippen molar-refractivity contribution < 1.29 is 19.8 Å². The highest BCUT2D eigenvalue weighted by atomic mass is 16.5. The van der Waals surface area contributed by atoms with Gasteiger partial charge in [-0.1, -0.05) is 19.6 Å². The predicted molar refractivity (Wildman–Crippen MR) is 171 cm³/mol. The maximum absolute atomic E-state index is 13.8. The lowest BCUT2D eigenvalue weighted by atomic mass is 9.98. The second-order valence-electron chi connectivity index (χ2n) is 11.1. The van der Waals surface area contributed by atoms with Crippen molar-refractivity contribution in [3.63, 3.8) is 0 Å². The highest BCUT2D eigenvalue weighted by Crippen LogP contribution is 2.38. The summed E-state index contributed by atoms with van der Waals surface area (Å²) >= 11 is 0. The summed E-state index contributed by atoms with van der Waals surface area (Å²) in [5.41, 5.74) is 11.8. The summed E-state index contributed by atoms with van der Waals surface area (Å²) in [6.45, 7) is 13.8. The van der Waals surface area contributed by atoms with Crippen molar-refractivity contribution in [1.29, 1.82) is 0 Å². The third-order valence-electron chi connectivity index (χ3n) is 8.57. The number of aryl methyl sites for hydroxylation is 3. The molecule has 43 heavy (non-hydrogen) atoms. The summed E-state index contributed by atoms with van der Waals surface area (Å²) in [6.07, 6.45) is 2.81. The molecule has 0 spiro atoms. The van der Waals surface area contributed by atoms with E-state index in [9.17, 15) is 25.0 Å². The topological polar surface area (TPSA) is 144 Å². The molecule has 8 bridgehead atoms. The smallest absolute Gasteiger partial charge is 0.303 e. The monoisotopic (exact) mass is 579 g/mol. The maximum atomic E-state index is 13.8. The van der Waals surface area contributed by atoms with Gasteiger partial charge in [-0.25, -0.2) is 9.97 Å². The van der Waals surface area contributed by atoms with Crippen LogP contribution in [0.5, 0.6) is 0 Å². The Bertz CT molecular complexity index is 1940. The van der Waals surface area contributed by atoms with E-state index in [1.54, 1.807) is 12.1 Å². The van der Waals surface area contributed by atoms with Crippen LogP contribution < -0.4 is 0 Å². The standard InChI is InChI=1S/C34H35N4O5/c1-7-21-17(3)27-16-32-22(8-2)20(6)31(38(32)43)15-26-19(5)24(10-12-34(41)42)30(37-26)14-29-23(9-11-33(39)40)18(4)25(35-29)13-28(21)36-27/h7,13-16,36H,1,8-12H2,2-6H3,(H,39,40)(H,41,42)/q-1. The first-order chi connectivity index (χ1) is 20.4. The van der Waals surface area contributed by atoms with Crippen molar-refractivity contribution >= 4 is 62.4 Å². The second kappa shape index (κ2) is 11.4. The molecule has 2 aliphatic heterocycles. The molecule has 3 aromatic rings. The molecule has 3 N–H and O–H groups in total. The van der Waals surface area contributed by atoms with E-state index in [0.717, 1.165) is 60.3 Å². The Kier molecular flexibility index (Phi) is 7.84. The van der Waals surface area contributed by atoms with E-state index in [4.69, 9.17) is 9.97 Å². The molecule has 0 radical (unpaired) electrons. The van der Waals surface area contributed by atoms with Crippen LogP contribution in [0, 0.1) is 19.1 Å². The Morgan fingerprint density at radius 1 is 0.837 bits per heavy atom. The molecule has 2 aliphatic rings. The van der Waals surface area contributed by atoms with Gasteiger partial charge in [0.05, 0.1) is 22.8 Å². The molecule has 5 heterocycles. The number of H-pyrrole nitrogens is 1. The number of carboxylic acid groups (broad SMARTS) is 2. The van der Waals surface area contributed by atoms with Gasteiger partial charge in [-0.15, -0.1) is 0 Å². The van der Waals surface area contributed by atoms with Gasteiger partial charge in [0.2, 0.25) is 0 Å². The van der Waals surface area contributed by atoms with E-state index in [2.05, 4.69) is 11.6 Å². The van der Waals surface area contributed by atoms with Crippen molar-refractivity contribution in [2.45, 2.75) is 66.7 Å². The van der Waals surface area contributed by atoms with Crippen LogP contribution in [0.2, 0.25) is 0 Å². The molecule has 0 amide bonds. The number of carbonyl (C=O) groups is 2. The van der Waals surface area contributed by atoms with Gasteiger partial charge in [-0.2, -0.15) is 0 Å². The summed E-state index contributed by atoms with van der Waals surface area (Å²) < 4.78 is 0.948. The zero-order valence-electron chi connectivity index (χ0n) is 25.1. The fourth-order valence-corrected chi connectivity index (χ4v) is 6.09. The molecule has 0 unspecified atom stereocenters. The van der Waals surface area contributed by atoms with Gasteiger partial charge in [0, 0.05) is 40.5 Å². The molecule has 9 heteroatoms. The molecule has 0 aliphatic carbocycles. The molecular weight excluding hydrogens is 544 g/mol. The van der Waals surface area contributed by atoms with Crippen LogP contribution in [-0.2, 0) is 16.0 Å². The van der Waals surface area contributed by atoms with Gasteiger partial charge in [-0.05, 0) is 110 Å². The lowest BCUT2D eigenvalue weighted by Crippen LogP contribution is -1.97. The summed E-state index contributed by atoms with van der Waals surface area (Å²) in [5, 5.41) is 32.7. The summed E-state index contributed by atoms with van der Waals surface area (Å²) in [5.74, 6) is -1.83. The Morgan fingerprint density at radius 2 is 1.40 bits per heavy atom. The Morgan fingerprint density at radius 3 is 1.91 bits per heavy atom. The number of hydrogen-bond donors (Lipinski definition) is 3. The normalized spacial score (nSPS) is 13.1. The Balaban J connectivity index is 1.96. The number of carboxylic acids is 2. The van der Waals surface area contributed by atoms with E-state index in [0.29, 0.717) is 40.2 Å². The quantitative estimate of drug-likeness (QED) is 0.250.